The highest BCUT2D eigenvalue weighted by Crippen LogP contribution is 2.57. The van der Waals surface area contributed by atoms with Crippen molar-refractivity contribution >= 4 is 51.1 Å². The minimum absolute atomic E-state index is 0.0324. The van der Waals surface area contributed by atoms with E-state index in [9.17, 15) is 14.4 Å². The number of amides is 1. The largest absolute Gasteiger partial charge is 0.462 e. The molecule has 1 aromatic carbocycles. The zero-order valence-electron chi connectivity index (χ0n) is 14.0. The average molecular weight is 443 g/mol. The predicted octanol–water partition coefficient (Wildman–Crippen LogP) is 3.09. The van der Waals surface area contributed by atoms with E-state index in [0.29, 0.717) is 10.7 Å². The van der Waals surface area contributed by atoms with E-state index in [1.165, 1.54) is 0 Å². The van der Waals surface area contributed by atoms with E-state index in [1.807, 2.05) is 6.92 Å². The molecular weight excluding hydrogens is 426 g/mol. The Morgan fingerprint density at radius 1 is 1.38 bits per heavy atom. The molecule has 0 aromatic heterocycles. The van der Waals surface area contributed by atoms with Gasteiger partial charge in [-0.25, -0.2) is 0 Å². The summed E-state index contributed by atoms with van der Waals surface area (Å²) in [6.07, 6.45) is 1.51. The van der Waals surface area contributed by atoms with E-state index in [2.05, 4.69) is 21.2 Å². The quantitative estimate of drug-likeness (QED) is 0.725. The number of esters is 2. The standard InChI is InChI=1S/C18H17BrClNO5/c1-7-2-10(19)11(20)5-12(7)21-14(22)6-25-17(23)15-8-3-9-13(4-8)26-18(24)16(9)15/h2,5,8-9,13,15-16H,3-4,6H2,1H3,(H,21,22)/t8-,9+,13-,15-,16+/m1/s1. The van der Waals surface area contributed by atoms with E-state index in [1.54, 1.807) is 12.1 Å². The molecule has 8 heteroatoms. The van der Waals surface area contributed by atoms with Gasteiger partial charge >= 0.3 is 11.9 Å². The van der Waals surface area contributed by atoms with Crippen LogP contribution in [0.25, 0.3) is 0 Å². The molecule has 3 fully saturated rings. The first-order valence-electron chi connectivity index (χ1n) is 8.47. The van der Waals surface area contributed by atoms with Crippen LogP contribution in [0.5, 0.6) is 0 Å². The number of anilines is 1. The number of ether oxygens (including phenoxy) is 2. The Kier molecular flexibility index (Phi) is 4.47. The normalized spacial score (nSPS) is 31.0. The fourth-order valence-electron chi connectivity index (χ4n) is 4.53. The molecule has 0 spiro atoms. The van der Waals surface area contributed by atoms with Gasteiger partial charge in [-0.2, -0.15) is 0 Å². The molecule has 1 aliphatic heterocycles. The number of carbonyl (C=O) groups excluding carboxylic acids is 3. The summed E-state index contributed by atoms with van der Waals surface area (Å²) in [5.74, 6) is -1.87. The van der Waals surface area contributed by atoms with Crippen molar-refractivity contribution in [2.75, 3.05) is 11.9 Å². The number of nitrogens with one attached hydrogen (secondary N) is 1. The average Bonchev–Trinajstić information content (AvgIpc) is 3.19. The molecule has 4 rings (SSSR count). The second-order valence-electron chi connectivity index (χ2n) is 7.16. The second-order valence-corrected chi connectivity index (χ2v) is 8.42. The Labute approximate surface area is 163 Å². The van der Waals surface area contributed by atoms with Gasteiger partial charge in [0.2, 0.25) is 0 Å². The van der Waals surface area contributed by atoms with Gasteiger partial charge in [0.05, 0.1) is 16.9 Å². The molecule has 2 aliphatic carbocycles. The lowest BCUT2D eigenvalue weighted by molar-refractivity contribution is -0.157. The molecule has 3 aliphatic rings. The number of aryl methyl sites for hydroxylation is 1. The molecule has 1 N–H and O–H groups in total. The van der Waals surface area contributed by atoms with Gasteiger partial charge in [0.25, 0.3) is 5.91 Å². The molecule has 138 valence electrons. The van der Waals surface area contributed by atoms with Crippen molar-refractivity contribution in [3.8, 4) is 0 Å². The summed E-state index contributed by atoms with van der Waals surface area (Å²) in [5.41, 5.74) is 1.38. The number of halogens is 2. The molecule has 1 aromatic rings. The van der Waals surface area contributed by atoms with Crippen LogP contribution in [0.15, 0.2) is 16.6 Å². The summed E-state index contributed by atoms with van der Waals surface area (Å²) >= 11 is 9.36. The third kappa shape index (κ3) is 2.91. The van der Waals surface area contributed by atoms with E-state index in [4.69, 9.17) is 21.1 Å². The molecule has 1 heterocycles. The molecule has 2 saturated carbocycles. The van der Waals surface area contributed by atoms with Crippen LogP contribution in [-0.2, 0) is 23.9 Å². The maximum atomic E-state index is 12.5. The number of rotatable bonds is 4. The van der Waals surface area contributed by atoms with Crippen LogP contribution in [-0.4, -0.2) is 30.6 Å². The highest BCUT2D eigenvalue weighted by Gasteiger charge is 2.64. The maximum Gasteiger partial charge on any atom is 0.310 e. The van der Waals surface area contributed by atoms with Gasteiger partial charge in [-0.15, -0.1) is 0 Å². The molecule has 1 amide bonds. The SMILES string of the molecule is Cc1cc(Br)c(Cl)cc1NC(=O)COC(=O)[C@@H]1[C@@H]2C[C@@H]3[C@@H]1C(=O)O[C@@H]3C2. The smallest absolute Gasteiger partial charge is 0.310 e. The Hall–Kier alpha value is -1.60. The first-order valence-corrected chi connectivity index (χ1v) is 9.65. The number of hydrogen-bond donors (Lipinski definition) is 1. The van der Waals surface area contributed by atoms with Crippen molar-refractivity contribution in [2.24, 2.45) is 23.7 Å². The summed E-state index contributed by atoms with van der Waals surface area (Å²) in [7, 11) is 0. The van der Waals surface area contributed by atoms with Gasteiger partial charge in [0, 0.05) is 16.1 Å². The van der Waals surface area contributed by atoms with Crippen LogP contribution >= 0.6 is 27.5 Å². The number of fused-ring (bicyclic) bond motifs is 1. The fourth-order valence-corrected chi connectivity index (χ4v) is 5.15. The Bertz CT molecular complexity index is 811. The summed E-state index contributed by atoms with van der Waals surface area (Å²) in [6, 6.07) is 3.42. The van der Waals surface area contributed by atoms with Crippen LogP contribution in [0, 0.1) is 30.6 Å². The van der Waals surface area contributed by atoms with E-state index in [-0.39, 0.29) is 23.9 Å². The van der Waals surface area contributed by atoms with Crippen molar-refractivity contribution in [1.29, 1.82) is 0 Å². The lowest BCUT2D eigenvalue weighted by Crippen LogP contribution is -2.35. The van der Waals surface area contributed by atoms with Crippen LogP contribution in [0.1, 0.15) is 18.4 Å². The fraction of sp³-hybridized carbons (Fsp3) is 0.500. The highest BCUT2D eigenvalue weighted by atomic mass is 79.9. The van der Waals surface area contributed by atoms with Crippen molar-refractivity contribution < 1.29 is 23.9 Å². The molecule has 5 atom stereocenters. The monoisotopic (exact) mass is 441 g/mol. The highest BCUT2D eigenvalue weighted by molar-refractivity contribution is 9.10. The number of hydrogen-bond acceptors (Lipinski definition) is 5. The van der Waals surface area contributed by atoms with Gasteiger partial charge in [-0.3, -0.25) is 14.4 Å². The molecule has 26 heavy (non-hydrogen) atoms. The van der Waals surface area contributed by atoms with Crippen molar-refractivity contribution in [2.45, 2.75) is 25.9 Å². The maximum absolute atomic E-state index is 12.5. The zero-order valence-corrected chi connectivity index (χ0v) is 16.3. The van der Waals surface area contributed by atoms with Crippen LogP contribution in [0.3, 0.4) is 0 Å². The van der Waals surface area contributed by atoms with Gasteiger partial charge < -0.3 is 14.8 Å². The Morgan fingerprint density at radius 3 is 2.92 bits per heavy atom. The van der Waals surface area contributed by atoms with Gasteiger partial charge in [-0.1, -0.05) is 11.6 Å². The predicted molar refractivity (Wildman–Crippen MR) is 96.6 cm³/mol. The minimum Gasteiger partial charge on any atom is -0.462 e. The van der Waals surface area contributed by atoms with Crippen molar-refractivity contribution in [1.82, 2.24) is 0 Å². The summed E-state index contributed by atoms with van der Waals surface area (Å²) in [6.45, 7) is 1.44. The summed E-state index contributed by atoms with van der Waals surface area (Å²) in [4.78, 5) is 36.5. The third-order valence-electron chi connectivity index (χ3n) is 5.64. The lowest BCUT2D eigenvalue weighted by atomic mass is 9.80. The van der Waals surface area contributed by atoms with Crippen LogP contribution < -0.4 is 5.32 Å². The van der Waals surface area contributed by atoms with E-state index < -0.39 is 30.3 Å². The van der Waals surface area contributed by atoms with Gasteiger partial charge in [-0.05, 0) is 59.3 Å². The minimum atomic E-state index is -0.486. The molecule has 1 saturated heterocycles. The van der Waals surface area contributed by atoms with Gasteiger partial charge in [0.15, 0.2) is 6.61 Å². The molecular formula is C18H17BrClNO5. The number of benzene rings is 1. The van der Waals surface area contributed by atoms with Crippen LogP contribution in [0.2, 0.25) is 5.02 Å². The van der Waals surface area contributed by atoms with Crippen molar-refractivity contribution in [3.63, 3.8) is 0 Å². The second kappa shape index (κ2) is 6.53. The summed E-state index contributed by atoms with van der Waals surface area (Å²) in [5, 5.41) is 3.16. The first kappa shape index (κ1) is 17.8. The Morgan fingerprint density at radius 2 is 2.15 bits per heavy atom. The summed E-state index contributed by atoms with van der Waals surface area (Å²) < 4.78 is 11.3. The third-order valence-corrected chi connectivity index (χ3v) is 6.84. The molecule has 0 unspecified atom stereocenters. The lowest BCUT2D eigenvalue weighted by Gasteiger charge is -2.22. The molecule has 0 radical (unpaired) electrons. The Balaban J connectivity index is 1.36. The first-order chi connectivity index (χ1) is 12.3. The number of carbonyl (C=O) groups is 3. The van der Waals surface area contributed by atoms with Gasteiger partial charge in [0.1, 0.15) is 6.10 Å². The molecule has 2 bridgehead atoms. The van der Waals surface area contributed by atoms with E-state index >= 15 is 0 Å². The molecule has 6 nitrogen and oxygen atoms in total. The topological polar surface area (TPSA) is 81.7 Å². The van der Waals surface area contributed by atoms with E-state index in [0.717, 1.165) is 22.9 Å². The zero-order chi connectivity index (χ0) is 18.6. The van der Waals surface area contributed by atoms with Crippen LogP contribution in [0.4, 0.5) is 5.69 Å². The van der Waals surface area contributed by atoms with Crippen molar-refractivity contribution in [3.05, 3.63) is 27.2 Å².